The van der Waals surface area contributed by atoms with Crippen molar-refractivity contribution in [3.63, 3.8) is 0 Å². The zero-order valence-electron chi connectivity index (χ0n) is 17.2. The van der Waals surface area contributed by atoms with Crippen molar-refractivity contribution in [1.82, 2.24) is 10.2 Å². The SMILES string of the molecule is CCNC(=O)C(C)N(Cc1ccccc1)C(=O)CN(c1cccc(Br)c1)S(C)(=O)=O. The lowest BCUT2D eigenvalue weighted by molar-refractivity contribution is -0.139. The fourth-order valence-electron chi connectivity index (χ4n) is 2.93. The van der Waals surface area contributed by atoms with Gasteiger partial charge in [-0.15, -0.1) is 0 Å². The molecule has 0 saturated heterocycles. The van der Waals surface area contributed by atoms with E-state index in [4.69, 9.17) is 0 Å². The summed E-state index contributed by atoms with van der Waals surface area (Å²) in [7, 11) is -3.73. The van der Waals surface area contributed by atoms with E-state index in [2.05, 4.69) is 21.2 Å². The Balaban J connectivity index is 2.35. The molecule has 1 N–H and O–H groups in total. The van der Waals surface area contributed by atoms with Crippen LogP contribution in [0.5, 0.6) is 0 Å². The van der Waals surface area contributed by atoms with Crippen LogP contribution in [-0.2, 0) is 26.2 Å². The minimum absolute atomic E-state index is 0.189. The first-order chi connectivity index (χ1) is 14.1. The molecule has 9 heteroatoms. The Morgan fingerprint density at radius 3 is 2.33 bits per heavy atom. The molecule has 0 aliphatic heterocycles. The highest BCUT2D eigenvalue weighted by molar-refractivity contribution is 9.10. The molecule has 0 radical (unpaired) electrons. The minimum Gasteiger partial charge on any atom is -0.355 e. The molecule has 2 aromatic rings. The highest BCUT2D eigenvalue weighted by Gasteiger charge is 2.29. The zero-order valence-corrected chi connectivity index (χ0v) is 19.6. The van der Waals surface area contributed by atoms with Gasteiger partial charge in [0.25, 0.3) is 0 Å². The molecule has 0 fully saturated rings. The van der Waals surface area contributed by atoms with Crippen LogP contribution in [0.2, 0.25) is 0 Å². The molecule has 0 aliphatic carbocycles. The summed E-state index contributed by atoms with van der Waals surface area (Å²) in [5.41, 5.74) is 1.21. The van der Waals surface area contributed by atoms with Crippen molar-refractivity contribution >= 4 is 43.5 Å². The molecule has 1 unspecified atom stereocenters. The summed E-state index contributed by atoms with van der Waals surface area (Å²) < 4.78 is 26.6. The van der Waals surface area contributed by atoms with Crippen LogP contribution in [0, 0.1) is 0 Å². The first kappa shape index (κ1) is 23.9. The summed E-state index contributed by atoms with van der Waals surface area (Å²) in [5.74, 6) is -0.766. The number of sulfonamides is 1. The van der Waals surface area contributed by atoms with Gasteiger partial charge in [0.1, 0.15) is 12.6 Å². The predicted octanol–water partition coefficient (Wildman–Crippen LogP) is 2.77. The van der Waals surface area contributed by atoms with E-state index >= 15 is 0 Å². The third-order valence-corrected chi connectivity index (χ3v) is 6.12. The normalized spacial score (nSPS) is 12.1. The van der Waals surface area contributed by atoms with Gasteiger partial charge in [0, 0.05) is 17.6 Å². The third kappa shape index (κ3) is 6.56. The molecule has 0 spiro atoms. The Morgan fingerprint density at radius 1 is 1.10 bits per heavy atom. The topological polar surface area (TPSA) is 86.8 Å². The van der Waals surface area contributed by atoms with Crippen LogP contribution in [0.15, 0.2) is 59.1 Å². The summed E-state index contributed by atoms with van der Waals surface area (Å²) in [6.45, 7) is 3.65. The number of carbonyl (C=O) groups excluding carboxylic acids is 2. The van der Waals surface area contributed by atoms with Gasteiger partial charge in [-0.25, -0.2) is 8.42 Å². The molecule has 0 heterocycles. The molecule has 2 amide bonds. The lowest BCUT2D eigenvalue weighted by Crippen LogP contribution is -2.51. The number of amides is 2. The highest BCUT2D eigenvalue weighted by Crippen LogP contribution is 2.22. The van der Waals surface area contributed by atoms with E-state index < -0.39 is 28.5 Å². The van der Waals surface area contributed by atoms with Crippen LogP contribution in [0.3, 0.4) is 0 Å². The average Bonchev–Trinajstić information content (AvgIpc) is 2.69. The fourth-order valence-corrected chi connectivity index (χ4v) is 4.16. The van der Waals surface area contributed by atoms with Gasteiger partial charge in [-0.05, 0) is 37.6 Å². The van der Waals surface area contributed by atoms with Crippen LogP contribution in [0.4, 0.5) is 5.69 Å². The summed E-state index contributed by atoms with van der Waals surface area (Å²) >= 11 is 3.33. The van der Waals surface area contributed by atoms with E-state index in [1.165, 1.54) is 4.90 Å². The smallest absolute Gasteiger partial charge is 0.244 e. The van der Waals surface area contributed by atoms with E-state index in [1.54, 1.807) is 38.1 Å². The number of rotatable bonds is 9. The Hall–Kier alpha value is -2.39. The van der Waals surface area contributed by atoms with Crippen molar-refractivity contribution in [1.29, 1.82) is 0 Å². The van der Waals surface area contributed by atoms with Gasteiger partial charge in [0.15, 0.2) is 0 Å². The van der Waals surface area contributed by atoms with Gasteiger partial charge in [0.05, 0.1) is 11.9 Å². The molecule has 2 aromatic carbocycles. The molecular formula is C21H26BrN3O4S. The second kappa shape index (κ2) is 10.6. The first-order valence-electron chi connectivity index (χ1n) is 9.48. The van der Waals surface area contributed by atoms with Gasteiger partial charge in [-0.1, -0.05) is 52.3 Å². The maximum atomic E-state index is 13.2. The van der Waals surface area contributed by atoms with Crippen molar-refractivity contribution in [3.05, 3.63) is 64.6 Å². The van der Waals surface area contributed by atoms with Crippen molar-refractivity contribution in [3.8, 4) is 0 Å². The molecule has 1 atom stereocenters. The van der Waals surface area contributed by atoms with E-state index in [1.807, 2.05) is 30.3 Å². The predicted molar refractivity (Wildman–Crippen MR) is 121 cm³/mol. The zero-order chi connectivity index (χ0) is 22.3. The Kier molecular flexibility index (Phi) is 8.43. The van der Waals surface area contributed by atoms with Crippen molar-refractivity contribution in [2.45, 2.75) is 26.4 Å². The minimum atomic E-state index is -3.73. The number of nitrogens with zero attached hydrogens (tertiary/aromatic N) is 2. The Morgan fingerprint density at radius 2 is 1.77 bits per heavy atom. The van der Waals surface area contributed by atoms with E-state index in [0.29, 0.717) is 16.7 Å². The maximum absolute atomic E-state index is 13.2. The summed E-state index contributed by atoms with van der Waals surface area (Å²) in [4.78, 5) is 27.1. The van der Waals surface area contributed by atoms with Gasteiger partial charge in [0.2, 0.25) is 21.8 Å². The second-order valence-corrected chi connectivity index (χ2v) is 9.65. The lowest BCUT2D eigenvalue weighted by Gasteiger charge is -2.31. The number of benzene rings is 2. The summed E-state index contributed by atoms with van der Waals surface area (Å²) in [5, 5.41) is 2.72. The molecule has 162 valence electrons. The van der Waals surface area contributed by atoms with Gasteiger partial charge < -0.3 is 10.2 Å². The van der Waals surface area contributed by atoms with E-state index in [9.17, 15) is 18.0 Å². The number of carbonyl (C=O) groups is 2. The standard InChI is InChI=1S/C21H26BrN3O4S/c1-4-23-21(27)16(2)24(14-17-9-6-5-7-10-17)20(26)15-25(30(3,28)29)19-12-8-11-18(22)13-19/h5-13,16H,4,14-15H2,1-3H3,(H,23,27). The second-order valence-electron chi connectivity index (χ2n) is 6.83. The first-order valence-corrected chi connectivity index (χ1v) is 12.1. The molecule has 7 nitrogen and oxygen atoms in total. The Bertz CT molecular complexity index is 983. The quantitative estimate of drug-likeness (QED) is 0.579. The van der Waals surface area contributed by atoms with E-state index in [0.717, 1.165) is 16.1 Å². The van der Waals surface area contributed by atoms with Crippen LogP contribution in [0.25, 0.3) is 0 Å². The van der Waals surface area contributed by atoms with Crippen molar-refractivity contribution in [2.75, 3.05) is 23.7 Å². The average molecular weight is 496 g/mol. The van der Waals surface area contributed by atoms with Crippen molar-refractivity contribution < 1.29 is 18.0 Å². The molecule has 30 heavy (non-hydrogen) atoms. The van der Waals surface area contributed by atoms with Gasteiger partial charge in [-0.2, -0.15) is 0 Å². The van der Waals surface area contributed by atoms with Gasteiger partial charge >= 0.3 is 0 Å². The van der Waals surface area contributed by atoms with E-state index in [-0.39, 0.29) is 12.5 Å². The molecular weight excluding hydrogens is 470 g/mol. The Labute approximate surface area is 186 Å². The molecule has 0 saturated carbocycles. The molecule has 0 aromatic heterocycles. The molecule has 0 aliphatic rings. The van der Waals surface area contributed by atoms with Crippen LogP contribution in [-0.4, -0.2) is 50.5 Å². The third-order valence-electron chi connectivity index (χ3n) is 4.49. The number of halogens is 1. The maximum Gasteiger partial charge on any atom is 0.244 e. The van der Waals surface area contributed by atoms with Crippen LogP contribution < -0.4 is 9.62 Å². The molecule has 2 rings (SSSR count). The van der Waals surface area contributed by atoms with Crippen LogP contribution in [0.1, 0.15) is 19.4 Å². The monoisotopic (exact) mass is 495 g/mol. The molecule has 0 bridgehead atoms. The number of anilines is 1. The number of hydrogen-bond donors (Lipinski definition) is 1. The highest BCUT2D eigenvalue weighted by atomic mass is 79.9. The fraction of sp³-hybridized carbons (Fsp3) is 0.333. The number of nitrogens with one attached hydrogen (secondary N) is 1. The van der Waals surface area contributed by atoms with Gasteiger partial charge in [-0.3, -0.25) is 13.9 Å². The van der Waals surface area contributed by atoms with Crippen molar-refractivity contribution in [2.24, 2.45) is 0 Å². The lowest BCUT2D eigenvalue weighted by atomic mass is 10.1. The summed E-state index contributed by atoms with van der Waals surface area (Å²) in [6, 6.07) is 15.2. The number of likely N-dealkylation sites (N-methyl/N-ethyl adjacent to an activating group) is 1. The largest absolute Gasteiger partial charge is 0.355 e. The van der Waals surface area contributed by atoms with Crippen LogP contribution >= 0.6 is 15.9 Å². The summed E-state index contributed by atoms with van der Waals surface area (Å²) in [6.07, 6.45) is 1.05. The number of hydrogen-bond acceptors (Lipinski definition) is 4.